The summed E-state index contributed by atoms with van der Waals surface area (Å²) in [6, 6.07) is 13.3. The number of carbonyl (C=O) groups excluding carboxylic acids is 1. The molecule has 1 aliphatic heterocycles. The molecule has 3 aromatic heterocycles. The molecule has 0 aliphatic carbocycles. The summed E-state index contributed by atoms with van der Waals surface area (Å²) in [5.41, 5.74) is 1.58. The molecule has 2 unspecified atom stereocenters. The van der Waals surface area contributed by atoms with Gasteiger partial charge in [-0.05, 0) is 41.8 Å². The van der Waals surface area contributed by atoms with Gasteiger partial charge < -0.3 is 14.2 Å². The molecular weight excluding hydrogens is 456 g/mol. The largest absolute Gasteiger partial charge is 0.491 e. The van der Waals surface area contributed by atoms with E-state index in [9.17, 15) is 4.79 Å². The first-order chi connectivity index (χ1) is 16.6. The van der Waals surface area contributed by atoms with Gasteiger partial charge in [0.15, 0.2) is 0 Å². The van der Waals surface area contributed by atoms with Crippen molar-refractivity contribution in [2.24, 2.45) is 0 Å². The predicted molar refractivity (Wildman–Crippen MR) is 124 cm³/mol. The molecule has 0 bridgehead atoms. The molecule has 0 radical (unpaired) electrons. The summed E-state index contributed by atoms with van der Waals surface area (Å²) in [6.07, 6.45) is 4.50. The molecular formula is C23H22N6O4S. The second-order valence-electron chi connectivity index (χ2n) is 7.66. The van der Waals surface area contributed by atoms with Gasteiger partial charge in [0.25, 0.3) is 0 Å². The van der Waals surface area contributed by atoms with Crippen LogP contribution < -0.4 is 10.1 Å². The lowest BCUT2D eigenvalue weighted by atomic mass is 10.1. The van der Waals surface area contributed by atoms with Crippen LogP contribution >= 0.6 is 11.3 Å². The SMILES string of the molecule is CC(=O)Nc1nccc(-c2ccc(OCC3COC(Cn4cncn4)(c4cccs4)O3)cc2)n1. The first-order valence-corrected chi connectivity index (χ1v) is 11.5. The van der Waals surface area contributed by atoms with E-state index in [2.05, 4.69) is 25.4 Å². The average molecular weight is 479 g/mol. The number of hydrogen-bond acceptors (Lipinski definition) is 9. The van der Waals surface area contributed by atoms with Crippen molar-refractivity contribution < 1.29 is 19.0 Å². The molecule has 1 fully saturated rings. The summed E-state index contributed by atoms with van der Waals surface area (Å²) in [6.45, 7) is 2.56. The number of thiophene rings is 1. The van der Waals surface area contributed by atoms with Gasteiger partial charge in [0, 0.05) is 18.7 Å². The van der Waals surface area contributed by atoms with E-state index >= 15 is 0 Å². The summed E-state index contributed by atoms with van der Waals surface area (Å²) in [4.78, 5) is 24.6. The Hall–Kier alpha value is -3.67. The summed E-state index contributed by atoms with van der Waals surface area (Å²) in [7, 11) is 0. The number of rotatable bonds is 8. The molecule has 11 heteroatoms. The third-order valence-corrected chi connectivity index (χ3v) is 6.12. The second kappa shape index (κ2) is 9.67. The third-order valence-electron chi connectivity index (χ3n) is 5.12. The predicted octanol–water partition coefficient (Wildman–Crippen LogP) is 3.10. The lowest BCUT2D eigenvalue weighted by Gasteiger charge is -2.26. The number of benzene rings is 1. The number of anilines is 1. The van der Waals surface area contributed by atoms with Crippen molar-refractivity contribution in [1.29, 1.82) is 0 Å². The van der Waals surface area contributed by atoms with Crippen LogP contribution in [0.4, 0.5) is 5.95 Å². The van der Waals surface area contributed by atoms with Crippen molar-refractivity contribution >= 4 is 23.2 Å². The van der Waals surface area contributed by atoms with Gasteiger partial charge in [-0.25, -0.2) is 19.6 Å². The average Bonchev–Trinajstić information content (AvgIpc) is 3.61. The summed E-state index contributed by atoms with van der Waals surface area (Å²) in [5.74, 6) is -0.168. The topological polar surface area (TPSA) is 113 Å². The molecule has 2 atom stereocenters. The molecule has 0 spiro atoms. The maximum atomic E-state index is 11.2. The molecule has 10 nitrogen and oxygen atoms in total. The molecule has 1 saturated heterocycles. The Kier molecular flexibility index (Phi) is 6.30. The second-order valence-corrected chi connectivity index (χ2v) is 8.60. The van der Waals surface area contributed by atoms with Crippen LogP contribution in [-0.2, 0) is 26.6 Å². The lowest BCUT2D eigenvalue weighted by Crippen LogP contribution is -2.33. The van der Waals surface area contributed by atoms with Gasteiger partial charge in [-0.1, -0.05) is 6.07 Å². The van der Waals surface area contributed by atoms with Crippen LogP contribution in [0.2, 0.25) is 0 Å². The van der Waals surface area contributed by atoms with Crippen LogP contribution in [0.1, 0.15) is 11.8 Å². The van der Waals surface area contributed by atoms with E-state index in [1.165, 1.54) is 13.3 Å². The highest BCUT2D eigenvalue weighted by Crippen LogP contribution is 2.38. The van der Waals surface area contributed by atoms with Gasteiger partial charge in [-0.15, -0.1) is 11.3 Å². The Morgan fingerprint density at radius 1 is 1.29 bits per heavy atom. The fraction of sp³-hybridized carbons (Fsp3) is 0.261. The van der Waals surface area contributed by atoms with E-state index in [1.54, 1.807) is 34.6 Å². The molecule has 34 heavy (non-hydrogen) atoms. The Morgan fingerprint density at radius 3 is 2.91 bits per heavy atom. The normalized spacial score (nSPS) is 19.7. The smallest absolute Gasteiger partial charge is 0.229 e. The van der Waals surface area contributed by atoms with Crippen molar-refractivity contribution in [2.45, 2.75) is 25.4 Å². The number of nitrogens with zero attached hydrogens (tertiary/aromatic N) is 5. The Bertz CT molecular complexity index is 1230. The van der Waals surface area contributed by atoms with E-state index in [1.807, 2.05) is 41.8 Å². The first kappa shape index (κ1) is 22.1. The van der Waals surface area contributed by atoms with Gasteiger partial charge in [-0.2, -0.15) is 5.10 Å². The Balaban J connectivity index is 1.22. The van der Waals surface area contributed by atoms with E-state index in [-0.39, 0.29) is 18.0 Å². The molecule has 1 aliphatic rings. The molecule has 4 heterocycles. The van der Waals surface area contributed by atoms with E-state index < -0.39 is 5.79 Å². The summed E-state index contributed by atoms with van der Waals surface area (Å²) < 4.78 is 20.2. The molecule has 174 valence electrons. The minimum Gasteiger partial charge on any atom is -0.491 e. The zero-order valence-corrected chi connectivity index (χ0v) is 19.1. The van der Waals surface area contributed by atoms with Gasteiger partial charge in [0.05, 0.1) is 17.2 Å². The van der Waals surface area contributed by atoms with Crippen molar-refractivity contribution in [1.82, 2.24) is 24.7 Å². The highest BCUT2D eigenvalue weighted by molar-refractivity contribution is 7.10. The minimum absolute atomic E-state index is 0.219. The van der Waals surface area contributed by atoms with Gasteiger partial charge in [-0.3, -0.25) is 10.1 Å². The number of carbonyl (C=O) groups is 1. The number of ether oxygens (including phenoxy) is 3. The lowest BCUT2D eigenvalue weighted by molar-refractivity contribution is -0.188. The Labute approximate surface area is 199 Å². The van der Waals surface area contributed by atoms with Gasteiger partial charge in [0.1, 0.15) is 37.7 Å². The molecule has 1 amide bonds. The number of hydrogen-bond donors (Lipinski definition) is 1. The quantitative estimate of drug-likeness (QED) is 0.411. The van der Waals surface area contributed by atoms with Crippen molar-refractivity contribution in [3.63, 3.8) is 0 Å². The highest BCUT2D eigenvalue weighted by atomic mass is 32.1. The van der Waals surface area contributed by atoms with Crippen LogP contribution in [0, 0.1) is 0 Å². The van der Waals surface area contributed by atoms with Crippen LogP contribution in [0.15, 0.2) is 66.7 Å². The fourth-order valence-electron chi connectivity index (χ4n) is 3.61. The van der Waals surface area contributed by atoms with Crippen molar-refractivity contribution in [3.05, 3.63) is 71.6 Å². The number of aromatic nitrogens is 5. The van der Waals surface area contributed by atoms with Gasteiger partial charge in [0.2, 0.25) is 17.6 Å². The van der Waals surface area contributed by atoms with Crippen molar-refractivity contribution in [3.8, 4) is 17.0 Å². The molecule has 1 aromatic carbocycles. The number of amides is 1. The maximum Gasteiger partial charge on any atom is 0.229 e. The first-order valence-electron chi connectivity index (χ1n) is 10.6. The van der Waals surface area contributed by atoms with Gasteiger partial charge >= 0.3 is 0 Å². The van der Waals surface area contributed by atoms with Crippen LogP contribution in [-0.4, -0.2) is 50.0 Å². The zero-order chi connectivity index (χ0) is 23.4. The summed E-state index contributed by atoms with van der Waals surface area (Å²) in [5, 5.41) is 8.78. The standard InChI is InChI=1S/C23H22N6O4S/c1-16(30)27-22-25-9-8-20(28-22)17-4-6-18(7-5-17)31-11-19-12-32-23(33-19,21-3-2-10-34-21)13-29-15-24-14-26-29/h2-10,14-15,19H,11-13H2,1H3,(H,25,27,28,30). The Morgan fingerprint density at radius 2 is 2.18 bits per heavy atom. The highest BCUT2D eigenvalue weighted by Gasteiger charge is 2.45. The maximum absolute atomic E-state index is 11.2. The minimum atomic E-state index is -0.918. The molecule has 0 saturated carbocycles. The zero-order valence-electron chi connectivity index (χ0n) is 18.3. The van der Waals surface area contributed by atoms with Crippen molar-refractivity contribution in [2.75, 3.05) is 18.5 Å². The fourth-order valence-corrected chi connectivity index (χ4v) is 4.42. The van der Waals surface area contributed by atoms with Crippen LogP contribution in [0.3, 0.4) is 0 Å². The molecule has 4 aromatic rings. The van der Waals surface area contributed by atoms with E-state index in [4.69, 9.17) is 14.2 Å². The number of nitrogens with one attached hydrogen (secondary N) is 1. The van der Waals surface area contributed by atoms with E-state index in [0.29, 0.717) is 31.2 Å². The third kappa shape index (κ3) is 4.96. The van der Waals surface area contributed by atoms with Crippen LogP contribution in [0.5, 0.6) is 5.75 Å². The monoisotopic (exact) mass is 478 g/mol. The molecule has 1 N–H and O–H groups in total. The summed E-state index contributed by atoms with van der Waals surface area (Å²) >= 11 is 1.58. The molecule has 5 rings (SSSR count). The van der Waals surface area contributed by atoms with Crippen LogP contribution in [0.25, 0.3) is 11.3 Å². The van der Waals surface area contributed by atoms with E-state index in [0.717, 1.165) is 10.4 Å².